The first kappa shape index (κ1) is 19.2. The number of hydrogen-bond acceptors (Lipinski definition) is 5. The third kappa shape index (κ3) is 4.23. The van der Waals surface area contributed by atoms with Gasteiger partial charge in [-0.2, -0.15) is 0 Å². The standard InChI is InChI=1S/C19H23N3O4S/c1-13-5-3-6-14-7-4-10-22(19(13)14)12-18(23)21-15-8-9-16(26-2)17(11-15)27(20,24)25/h3,5-6,8-9,11H,4,7,10,12H2,1-2H3,(H,21,23)(H2,20,24,25). The molecule has 0 saturated heterocycles. The van der Waals surface area contributed by atoms with E-state index in [1.165, 1.54) is 24.8 Å². The molecule has 144 valence electrons. The number of aryl methyl sites for hydroxylation is 2. The van der Waals surface area contributed by atoms with Crippen LogP contribution in [-0.4, -0.2) is 34.5 Å². The van der Waals surface area contributed by atoms with Gasteiger partial charge in [-0.3, -0.25) is 4.79 Å². The van der Waals surface area contributed by atoms with Gasteiger partial charge in [-0.25, -0.2) is 13.6 Å². The fourth-order valence-corrected chi connectivity index (χ4v) is 4.18. The van der Waals surface area contributed by atoms with Gasteiger partial charge < -0.3 is 15.0 Å². The number of benzene rings is 2. The Kier molecular flexibility index (Phi) is 5.38. The topological polar surface area (TPSA) is 102 Å². The normalized spacial score (nSPS) is 13.8. The second-order valence-corrected chi connectivity index (χ2v) is 8.10. The number of para-hydroxylation sites is 1. The summed E-state index contributed by atoms with van der Waals surface area (Å²) in [5.41, 5.74) is 3.85. The minimum Gasteiger partial charge on any atom is -0.495 e. The lowest BCUT2D eigenvalue weighted by Gasteiger charge is -2.32. The van der Waals surface area contributed by atoms with E-state index in [9.17, 15) is 13.2 Å². The van der Waals surface area contributed by atoms with E-state index in [4.69, 9.17) is 9.88 Å². The number of nitrogens with zero attached hydrogens (tertiary/aromatic N) is 1. The summed E-state index contributed by atoms with van der Waals surface area (Å²) in [6.45, 7) is 3.03. The van der Waals surface area contributed by atoms with Crippen molar-refractivity contribution in [3.05, 3.63) is 47.5 Å². The molecule has 27 heavy (non-hydrogen) atoms. The Labute approximate surface area is 159 Å². The van der Waals surface area contributed by atoms with Crippen molar-refractivity contribution < 1.29 is 17.9 Å². The van der Waals surface area contributed by atoms with Crippen LogP contribution in [0.1, 0.15) is 17.5 Å². The number of primary sulfonamides is 1. The summed E-state index contributed by atoms with van der Waals surface area (Å²) >= 11 is 0. The lowest BCUT2D eigenvalue weighted by Crippen LogP contribution is -2.37. The van der Waals surface area contributed by atoms with Gasteiger partial charge in [0, 0.05) is 17.9 Å². The molecule has 0 radical (unpaired) electrons. The number of hydrogen-bond donors (Lipinski definition) is 2. The fourth-order valence-electron chi connectivity index (χ4n) is 3.45. The van der Waals surface area contributed by atoms with Gasteiger partial charge in [-0.1, -0.05) is 18.2 Å². The molecular weight excluding hydrogens is 366 g/mol. The quantitative estimate of drug-likeness (QED) is 0.815. The summed E-state index contributed by atoms with van der Waals surface area (Å²) in [6, 6.07) is 10.5. The molecule has 0 fully saturated rings. The average Bonchev–Trinajstić information content (AvgIpc) is 2.61. The minimum atomic E-state index is -3.96. The number of carbonyl (C=O) groups excluding carboxylic acids is 1. The van der Waals surface area contributed by atoms with Crippen LogP contribution in [-0.2, 0) is 21.2 Å². The number of anilines is 2. The number of sulfonamides is 1. The molecule has 0 unspecified atom stereocenters. The molecule has 1 amide bonds. The Hall–Kier alpha value is -2.58. The molecule has 0 saturated carbocycles. The molecule has 2 aromatic rings. The number of nitrogens with two attached hydrogens (primary N) is 1. The van der Waals surface area contributed by atoms with Crippen molar-refractivity contribution in [1.29, 1.82) is 0 Å². The van der Waals surface area contributed by atoms with Crippen LogP contribution < -0.4 is 20.1 Å². The molecule has 0 aromatic heterocycles. The van der Waals surface area contributed by atoms with Crippen LogP contribution in [0.3, 0.4) is 0 Å². The maximum absolute atomic E-state index is 12.6. The van der Waals surface area contributed by atoms with E-state index in [1.54, 1.807) is 6.07 Å². The van der Waals surface area contributed by atoms with Gasteiger partial charge >= 0.3 is 0 Å². The first-order chi connectivity index (χ1) is 12.8. The average molecular weight is 389 g/mol. The molecule has 1 aliphatic rings. The van der Waals surface area contributed by atoms with Crippen molar-refractivity contribution >= 4 is 27.3 Å². The van der Waals surface area contributed by atoms with Gasteiger partial charge in [0.05, 0.1) is 13.7 Å². The molecular formula is C19H23N3O4S. The Bertz CT molecular complexity index is 973. The van der Waals surface area contributed by atoms with Crippen LogP contribution >= 0.6 is 0 Å². The van der Waals surface area contributed by atoms with Crippen molar-refractivity contribution in [3.63, 3.8) is 0 Å². The molecule has 3 N–H and O–H groups in total. The highest BCUT2D eigenvalue weighted by molar-refractivity contribution is 7.89. The molecule has 1 aliphatic heterocycles. The molecule has 0 atom stereocenters. The van der Waals surface area contributed by atoms with Gasteiger partial charge in [-0.15, -0.1) is 0 Å². The summed E-state index contributed by atoms with van der Waals surface area (Å²) in [5.74, 6) is -0.0901. The zero-order chi connectivity index (χ0) is 19.6. The second kappa shape index (κ2) is 7.58. The lowest BCUT2D eigenvalue weighted by atomic mass is 9.98. The third-order valence-electron chi connectivity index (χ3n) is 4.60. The summed E-state index contributed by atoms with van der Waals surface area (Å²) < 4.78 is 28.5. The third-order valence-corrected chi connectivity index (χ3v) is 5.53. The number of rotatable bonds is 5. The Balaban J connectivity index is 1.78. The van der Waals surface area contributed by atoms with Crippen LogP contribution in [0.15, 0.2) is 41.3 Å². The van der Waals surface area contributed by atoms with Crippen LogP contribution in [0.25, 0.3) is 0 Å². The first-order valence-corrected chi connectivity index (χ1v) is 10.2. The molecule has 8 heteroatoms. The second-order valence-electron chi connectivity index (χ2n) is 6.57. The van der Waals surface area contributed by atoms with Crippen LogP contribution in [0, 0.1) is 6.92 Å². The summed E-state index contributed by atoms with van der Waals surface area (Å²) in [4.78, 5) is 14.5. The predicted octanol–water partition coefficient (Wildman–Crippen LogP) is 2.04. The maximum Gasteiger partial charge on any atom is 0.243 e. The first-order valence-electron chi connectivity index (χ1n) is 8.63. The van der Waals surface area contributed by atoms with E-state index in [0.717, 1.165) is 30.6 Å². The van der Waals surface area contributed by atoms with E-state index >= 15 is 0 Å². The van der Waals surface area contributed by atoms with E-state index < -0.39 is 10.0 Å². The highest BCUT2D eigenvalue weighted by Gasteiger charge is 2.21. The predicted molar refractivity (Wildman–Crippen MR) is 105 cm³/mol. The van der Waals surface area contributed by atoms with Gasteiger partial charge in [-0.05, 0) is 49.1 Å². The van der Waals surface area contributed by atoms with Gasteiger partial charge in [0.1, 0.15) is 10.6 Å². The zero-order valence-electron chi connectivity index (χ0n) is 15.4. The number of fused-ring (bicyclic) bond motifs is 1. The molecule has 7 nitrogen and oxygen atoms in total. The summed E-state index contributed by atoms with van der Waals surface area (Å²) in [7, 11) is -2.60. The van der Waals surface area contributed by atoms with Gasteiger partial charge in [0.25, 0.3) is 0 Å². The summed E-state index contributed by atoms with van der Waals surface area (Å²) in [5, 5.41) is 7.97. The molecule has 1 heterocycles. The van der Waals surface area contributed by atoms with Crippen molar-refractivity contribution in [2.75, 3.05) is 30.4 Å². The lowest BCUT2D eigenvalue weighted by molar-refractivity contribution is -0.115. The SMILES string of the molecule is COc1ccc(NC(=O)CN2CCCc3cccc(C)c32)cc1S(N)(=O)=O. The van der Waals surface area contributed by atoms with Gasteiger partial charge in [0.15, 0.2) is 0 Å². The van der Waals surface area contributed by atoms with Crippen molar-refractivity contribution in [3.8, 4) is 5.75 Å². The van der Waals surface area contributed by atoms with E-state index in [1.807, 2.05) is 19.1 Å². The molecule has 0 bridgehead atoms. The Morgan fingerprint density at radius 2 is 2.07 bits per heavy atom. The number of methoxy groups -OCH3 is 1. The van der Waals surface area contributed by atoms with E-state index in [-0.39, 0.29) is 23.1 Å². The molecule has 3 rings (SSSR count). The van der Waals surface area contributed by atoms with E-state index in [2.05, 4.69) is 16.3 Å². The number of amides is 1. The smallest absolute Gasteiger partial charge is 0.243 e. The monoisotopic (exact) mass is 389 g/mol. The van der Waals surface area contributed by atoms with Gasteiger partial charge in [0.2, 0.25) is 15.9 Å². The van der Waals surface area contributed by atoms with E-state index in [0.29, 0.717) is 5.69 Å². The zero-order valence-corrected chi connectivity index (χ0v) is 16.2. The van der Waals surface area contributed by atoms with Crippen molar-refractivity contribution in [2.45, 2.75) is 24.7 Å². The maximum atomic E-state index is 12.6. The van der Waals surface area contributed by atoms with Crippen LogP contribution in [0.2, 0.25) is 0 Å². The minimum absolute atomic E-state index is 0.135. The Morgan fingerprint density at radius 3 is 2.78 bits per heavy atom. The highest BCUT2D eigenvalue weighted by Crippen LogP contribution is 2.30. The molecule has 0 spiro atoms. The largest absolute Gasteiger partial charge is 0.495 e. The number of nitrogens with one attached hydrogen (secondary N) is 1. The van der Waals surface area contributed by atoms with Crippen molar-refractivity contribution in [2.24, 2.45) is 5.14 Å². The molecule has 0 aliphatic carbocycles. The number of carbonyl (C=O) groups is 1. The van der Waals surface area contributed by atoms with Crippen LogP contribution in [0.4, 0.5) is 11.4 Å². The Morgan fingerprint density at radius 1 is 1.30 bits per heavy atom. The highest BCUT2D eigenvalue weighted by atomic mass is 32.2. The van der Waals surface area contributed by atoms with Crippen LogP contribution in [0.5, 0.6) is 5.75 Å². The number of ether oxygens (including phenoxy) is 1. The fraction of sp³-hybridized carbons (Fsp3) is 0.316. The molecule has 2 aromatic carbocycles. The van der Waals surface area contributed by atoms with Crippen molar-refractivity contribution in [1.82, 2.24) is 0 Å². The summed E-state index contributed by atoms with van der Waals surface area (Å²) in [6.07, 6.45) is 1.99.